The minimum absolute atomic E-state index is 0.155. The Bertz CT molecular complexity index is 1430. The van der Waals surface area contributed by atoms with Crippen molar-refractivity contribution in [1.29, 1.82) is 0 Å². The van der Waals surface area contributed by atoms with Gasteiger partial charge in [-0.1, -0.05) is 66.1 Å². The second kappa shape index (κ2) is 12.4. The summed E-state index contributed by atoms with van der Waals surface area (Å²) in [6.07, 6.45) is 3.30. The Labute approximate surface area is 247 Å². The number of carbonyl (C=O) groups is 3. The van der Waals surface area contributed by atoms with Gasteiger partial charge in [0.2, 0.25) is 0 Å². The molecule has 2 aromatic carbocycles. The van der Waals surface area contributed by atoms with Crippen molar-refractivity contribution in [3.05, 3.63) is 79.8 Å². The van der Waals surface area contributed by atoms with Crippen molar-refractivity contribution in [2.75, 3.05) is 25.2 Å². The monoisotopic (exact) mass is 595 g/mol. The van der Waals surface area contributed by atoms with Crippen LogP contribution in [0.2, 0.25) is 0 Å². The molecule has 4 rings (SSSR count). The normalized spacial score (nSPS) is 16.3. The van der Waals surface area contributed by atoms with E-state index in [1.165, 1.54) is 6.08 Å². The zero-order valence-corrected chi connectivity index (χ0v) is 25.3. The van der Waals surface area contributed by atoms with E-state index in [9.17, 15) is 14.4 Å². The predicted octanol–water partition coefficient (Wildman–Crippen LogP) is 6.39. The van der Waals surface area contributed by atoms with Gasteiger partial charge in [0.05, 0.1) is 40.7 Å². The summed E-state index contributed by atoms with van der Waals surface area (Å²) in [4.78, 5) is 41.8. The minimum atomic E-state index is -0.921. The maximum absolute atomic E-state index is 13.7. The van der Waals surface area contributed by atoms with Crippen LogP contribution >= 0.6 is 35.7 Å². The molecule has 0 bridgehead atoms. The van der Waals surface area contributed by atoms with Crippen LogP contribution in [0.25, 0.3) is 11.6 Å². The zero-order chi connectivity index (χ0) is 29.0. The molecule has 0 fully saturated rings. The Morgan fingerprint density at radius 2 is 1.55 bits per heavy atom. The van der Waals surface area contributed by atoms with E-state index in [-0.39, 0.29) is 28.9 Å². The molecule has 0 unspecified atom stereocenters. The Morgan fingerprint density at radius 3 is 2.10 bits per heavy atom. The fraction of sp³-hybridized carbons (Fsp3) is 0.267. The van der Waals surface area contributed by atoms with Gasteiger partial charge >= 0.3 is 11.9 Å². The van der Waals surface area contributed by atoms with E-state index in [1.807, 2.05) is 56.3 Å². The number of benzene rings is 2. The molecular weight excluding hydrogens is 567 g/mol. The Morgan fingerprint density at radius 1 is 0.950 bits per heavy atom. The van der Waals surface area contributed by atoms with Gasteiger partial charge in [-0.3, -0.25) is 9.69 Å². The van der Waals surface area contributed by atoms with Gasteiger partial charge in [-0.15, -0.1) is 0 Å². The Balaban J connectivity index is 1.85. The van der Waals surface area contributed by atoms with Gasteiger partial charge < -0.3 is 14.2 Å². The van der Waals surface area contributed by atoms with Crippen molar-refractivity contribution in [2.45, 2.75) is 33.2 Å². The lowest BCUT2D eigenvalue weighted by Crippen LogP contribution is -2.55. The number of esters is 2. The first-order valence-electron chi connectivity index (χ1n) is 12.6. The first kappa shape index (κ1) is 29.6. The number of hydrogen-bond acceptors (Lipinski definition) is 9. The molecule has 208 valence electrons. The molecule has 0 spiro atoms. The number of methoxy groups -OCH3 is 1. The van der Waals surface area contributed by atoms with Crippen molar-refractivity contribution >= 4 is 75.8 Å². The van der Waals surface area contributed by atoms with E-state index in [4.69, 9.17) is 26.4 Å². The molecule has 0 radical (unpaired) electrons. The van der Waals surface area contributed by atoms with E-state index < -0.39 is 17.5 Å². The molecule has 10 heteroatoms. The number of ether oxygens (including phenoxy) is 3. The lowest BCUT2D eigenvalue weighted by molar-refractivity contribution is -0.140. The van der Waals surface area contributed by atoms with Crippen LogP contribution in [-0.2, 0) is 23.9 Å². The summed E-state index contributed by atoms with van der Waals surface area (Å²) in [5.41, 5.74) is 1.92. The summed E-state index contributed by atoms with van der Waals surface area (Å²) in [6.45, 7) is 7.49. The van der Waals surface area contributed by atoms with Gasteiger partial charge in [0.15, 0.2) is 0 Å². The van der Waals surface area contributed by atoms with Crippen molar-refractivity contribution in [3.63, 3.8) is 0 Å². The molecule has 40 heavy (non-hydrogen) atoms. The topological polar surface area (TPSA) is 82.1 Å². The molecule has 7 nitrogen and oxygen atoms in total. The van der Waals surface area contributed by atoms with Crippen LogP contribution in [0.1, 0.15) is 38.8 Å². The van der Waals surface area contributed by atoms with Crippen LogP contribution in [0.4, 0.5) is 5.69 Å². The second-order valence-electron chi connectivity index (χ2n) is 9.15. The van der Waals surface area contributed by atoms with Crippen LogP contribution in [-0.4, -0.2) is 48.6 Å². The van der Waals surface area contributed by atoms with Gasteiger partial charge in [-0.2, -0.15) is 0 Å². The summed E-state index contributed by atoms with van der Waals surface area (Å²) in [6, 6.07) is 15.0. The van der Waals surface area contributed by atoms with E-state index in [0.29, 0.717) is 31.7 Å². The summed E-state index contributed by atoms with van der Waals surface area (Å²) in [5, 5.41) is 0. The van der Waals surface area contributed by atoms with Gasteiger partial charge in [0, 0.05) is 17.2 Å². The van der Waals surface area contributed by atoms with Crippen LogP contribution in [0, 0.1) is 0 Å². The average molecular weight is 596 g/mol. The molecule has 0 N–H and O–H groups in total. The van der Waals surface area contributed by atoms with Gasteiger partial charge in [0.1, 0.15) is 15.6 Å². The number of thiocarbonyl (C=S) groups is 1. The summed E-state index contributed by atoms with van der Waals surface area (Å²) in [7, 11) is 1.56. The highest BCUT2D eigenvalue weighted by molar-refractivity contribution is 8.29. The third kappa shape index (κ3) is 5.75. The average Bonchev–Trinajstić information content (AvgIpc) is 3.38. The fourth-order valence-corrected chi connectivity index (χ4v) is 7.32. The molecule has 0 atom stereocenters. The molecule has 1 amide bonds. The number of nitrogens with zero attached hydrogens (tertiary/aromatic N) is 1. The van der Waals surface area contributed by atoms with Crippen molar-refractivity contribution in [2.24, 2.45) is 0 Å². The maximum Gasteiger partial charge on any atom is 0.346 e. The third-order valence-electron chi connectivity index (χ3n) is 6.22. The van der Waals surface area contributed by atoms with Crippen molar-refractivity contribution in [3.8, 4) is 5.75 Å². The molecule has 2 aromatic rings. The zero-order valence-electron chi connectivity index (χ0n) is 22.8. The van der Waals surface area contributed by atoms with Crippen LogP contribution in [0.5, 0.6) is 5.75 Å². The van der Waals surface area contributed by atoms with E-state index in [2.05, 4.69) is 0 Å². The van der Waals surface area contributed by atoms with E-state index >= 15 is 0 Å². The number of rotatable bonds is 7. The molecule has 0 saturated heterocycles. The van der Waals surface area contributed by atoms with Crippen molar-refractivity contribution in [1.82, 2.24) is 0 Å². The van der Waals surface area contributed by atoms with Crippen LogP contribution < -0.4 is 9.64 Å². The lowest BCUT2D eigenvalue weighted by Gasteiger charge is -2.45. The number of fused-ring (bicyclic) bond motifs is 1. The number of carbonyl (C=O) groups excluding carboxylic acids is 3. The largest absolute Gasteiger partial charge is 0.497 e. The summed E-state index contributed by atoms with van der Waals surface area (Å²) >= 11 is 8.30. The van der Waals surface area contributed by atoms with E-state index in [0.717, 1.165) is 29.1 Å². The maximum atomic E-state index is 13.7. The minimum Gasteiger partial charge on any atom is -0.497 e. The second-order valence-corrected chi connectivity index (χ2v) is 11.9. The molecule has 0 aliphatic carbocycles. The quantitative estimate of drug-likeness (QED) is 0.205. The van der Waals surface area contributed by atoms with Gasteiger partial charge in [-0.25, -0.2) is 9.59 Å². The molecule has 2 heterocycles. The summed E-state index contributed by atoms with van der Waals surface area (Å²) < 4.78 is 16.6. The standard InChI is InChI=1S/C30H29NO6S3/c1-6-36-27(33)24-25(28(34)37-7-2)40-29(39-24)23-20-17-19(35-5)14-15-21(20)31(30(3,4)26(23)38)22(32)16-13-18-11-9-8-10-12-18/h8-17H,6-7H2,1-5H3/b16-13+. The van der Waals surface area contributed by atoms with Gasteiger partial charge in [-0.05, 0) is 57.5 Å². The Hall–Kier alpha value is -3.34. The molecular formula is C30H29NO6S3. The van der Waals surface area contributed by atoms with Gasteiger partial charge in [0.25, 0.3) is 5.91 Å². The van der Waals surface area contributed by atoms with E-state index in [1.54, 1.807) is 38.0 Å². The lowest BCUT2D eigenvalue weighted by atomic mass is 9.83. The molecule has 0 saturated carbocycles. The number of hydrogen-bond donors (Lipinski definition) is 0. The first-order valence-corrected chi connectivity index (χ1v) is 14.7. The highest BCUT2D eigenvalue weighted by Crippen LogP contribution is 2.56. The molecule has 2 aliphatic rings. The predicted molar refractivity (Wildman–Crippen MR) is 165 cm³/mol. The third-order valence-corrected chi connectivity index (χ3v) is 9.48. The SMILES string of the molecule is CCOC(=O)C1=C(C(=O)OCC)SC(=C2C(=S)C(C)(C)N(C(=O)/C=C/c3ccccc3)c3ccc(OC)cc32)S1. The highest BCUT2D eigenvalue weighted by Gasteiger charge is 2.46. The summed E-state index contributed by atoms with van der Waals surface area (Å²) in [5.74, 6) is -0.874. The number of anilines is 1. The number of thioether (sulfide) groups is 2. The number of amides is 1. The Kier molecular flexibility index (Phi) is 9.22. The molecule has 0 aromatic heterocycles. The smallest absolute Gasteiger partial charge is 0.346 e. The van der Waals surface area contributed by atoms with Crippen LogP contribution in [0.15, 0.2) is 68.7 Å². The fourth-order valence-electron chi connectivity index (χ4n) is 4.33. The van der Waals surface area contributed by atoms with Crippen molar-refractivity contribution < 1.29 is 28.6 Å². The molecule has 2 aliphatic heterocycles. The first-order chi connectivity index (χ1) is 19.1. The highest BCUT2D eigenvalue weighted by atomic mass is 32.2. The van der Waals surface area contributed by atoms with Crippen LogP contribution in [0.3, 0.4) is 0 Å².